The number of aliphatic hydroxyl groups excluding tert-OH is 1. The van der Waals surface area contributed by atoms with E-state index in [1.165, 1.54) is 6.07 Å². The molecule has 7 heteroatoms. The molecule has 1 atom stereocenters. The molecule has 1 aliphatic rings. The van der Waals surface area contributed by atoms with Gasteiger partial charge in [-0.3, -0.25) is 9.69 Å². The van der Waals surface area contributed by atoms with Crippen molar-refractivity contribution in [3.63, 3.8) is 0 Å². The lowest BCUT2D eigenvalue weighted by Crippen LogP contribution is -2.50. The first-order valence-electron chi connectivity index (χ1n) is 6.72. The first-order chi connectivity index (χ1) is 9.88. The van der Waals surface area contributed by atoms with Gasteiger partial charge < -0.3 is 10.0 Å². The van der Waals surface area contributed by atoms with Crippen molar-refractivity contribution in [2.75, 3.05) is 32.7 Å². The van der Waals surface area contributed by atoms with Crippen molar-refractivity contribution in [1.82, 2.24) is 9.80 Å². The van der Waals surface area contributed by atoms with Gasteiger partial charge in [0.2, 0.25) is 0 Å². The predicted molar refractivity (Wildman–Crippen MR) is 80.4 cm³/mol. The van der Waals surface area contributed by atoms with Crippen LogP contribution in [0.4, 0.5) is 4.39 Å². The minimum Gasteiger partial charge on any atom is -0.392 e. The Morgan fingerprint density at radius 3 is 2.48 bits per heavy atom. The van der Waals surface area contributed by atoms with E-state index >= 15 is 0 Å². The fraction of sp³-hybridized carbons (Fsp3) is 0.500. The molecule has 0 radical (unpaired) electrons. The monoisotopic (exact) mass is 334 g/mol. The molecule has 1 aromatic carbocycles. The molecule has 0 bridgehead atoms. The number of halogens is 3. The quantitative estimate of drug-likeness (QED) is 0.862. The van der Waals surface area contributed by atoms with E-state index in [9.17, 15) is 14.3 Å². The average Bonchev–Trinajstić information content (AvgIpc) is 2.42. The van der Waals surface area contributed by atoms with Crippen LogP contribution in [0.5, 0.6) is 0 Å². The number of hydrogen-bond acceptors (Lipinski definition) is 3. The van der Waals surface area contributed by atoms with E-state index in [4.69, 9.17) is 23.2 Å². The predicted octanol–water partition coefficient (Wildman–Crippen LogP) is 2.27. The van der Waals surface area contributed by atoms with Crippen LogP contribution in [-0.2, 0) is 0 Å². The van der Waals surface area contributed by atoms with Crippen molar-refractivity contribution < 1.29 is 14.3 Å². The van der Waals surface area contributed by atoms with Crippen molar-refractivity contribution in [3.8, 4) is 0 Å². The number of aliphatic hydroxyl groups is 1. The van der Waals surface area contributed by atoms with Crippen LogP contribution in [0, 0.1) is 5.82 Å². The number of hydrogen-bond donors (Lipinski definition) is 1. The summed E-state index contributed by atoms with van der Waals surface area (Å²) in [7, 11) is 0. The minimum absolute atomic E-state index is 0.0988. The Balaban J connectivity index is 2.04. The zero-order chi connectivity index (χ0) is 15.6. The third-order valence-corrected chi connectivity index (χ3v) is 4.02. The van der Waals surface area contributed by atoms with Gasteiger partial charge in [0.25, 0.3) is 5.91 Å². The van der Waals surface area contributed by atoms with E-state index in [2.05, 4.69) is 4.90 Å². The number of β-amino-alcohol motifs (C(OH)–C–C–N with tert-alkyl or cyclic N) is 1. The van der Waals surface area contributed by atoms with Gasteiger partial charge in [-0.05, 0) is 19.1 Å². The molecule has 4 nitrogen and oxygen atoms in total. The summed E-state index contributed by atoms with van der Waals surface area (Å²) in [6.07, 6.45) is -0.396. The summed E-state index contributed by atoms with van der Waals surface area (Å²) in [4.78, 5) is 16.1. The molecule has 2 rings (SSSR count). The highest BCUT2D eigenvalue weighted by atomic mass is 35.5. The van der Waals surface area contributed by atoms with Gasteiger partial charge >= 0.3 is 0 Å². The fourth-order valence-corrected chi connectivity index (χ4v) is 2.83. The molecule has 0 saturated carbocycles. The molecular formula is C14H17Cl2FN2O2. The lowest BCUT2D eigenvalue weighted by molar-refractivity contribution is 0.0554. The first-order valence-corrected chi connectivity index (χ1v) is 7.48. The van der Waals surface area contributed by atoms with E-state index in [0.29, 0.717) is 32.7 Å². The Labute approximate surface area is 133 Å². The third kappa shape index (κ3) is 4.07. The van der Waals surface area contributed by atoms with Crippen LogP contribution in [0.25, 0.3) is 0 Å². The van der Waals surface area contributed by atoms with Crippen molar-refractivity contribution in [2.24, 2.45) is 0 Å². The van der Waals surface area contributed by atoms with Crippen molar-refractivity contribution in [1.29, 1.82) is 0 Å². The summed E-state index contributed by atoms with van der Waals surface area (Å²) >= 11 is 11.6. The zero-order valence-electron chi connectivity index (χ0n) is 11.7. The molecule has 116 valence electrons. The highest BCUT2D eigenvalue weighted by Crippen LogP contribution is 2.25. The highest BCUT2D eigenvalue weighted by molar-refractivity contribution is 6.36. The standard InChI is InChI=1S/C14H17Cl2FN2O2/c1-9(20)8-18-2-4-19(5-3-18)14(21)10-6-13(17)12(16)7-11(10)15/h6-7,9,20H,2-5,8H2,1H3/t9-/m1/s1. The van der Waals surface area contributed by atoms with Gasteiger partial charge in [-0.25, -0.2) is 4.39 Å². The Morgan fingerprint density at radius 2 is 1.90 bits per heavy atom. The lowest BCUT2D eigenvalue weighted by atomic mass is 10.1. The van der Waals surface area contributed by atoms with Gasteiger partial charge in [0.05, 0.1) is 21.7 Å². The van der Waals surface area contributed by atoms with Crippen LogP contribution in [0.2, 0.25) is 10.0 Å². The van der Waals surface area contributed by atoms with Crippen molar-refractivity contribution >= 4 is 29.1 Å². The molecule has 1 amide bonds. The Hall–Kier alpha value is -0.880. The summed E-state index contributed by atoms with van der Waals surface area (Å²) in [6.45, 7) is 4.69. The van der Waals surface area contributed by atoms with Gasteiger partial charge in [0.1, 0.15) is 5.82 Å². The topological polar surface area (TPSA) is 43.8 Å². The number of benzene rings is 1. The van der Waals surface area contributed by atoms with E-state index in [-0.39, 0.29) is 21.5 Å². The van der Waals surface area contributed by atoms with Crippen LogP contribution in [0.1, 0.15) is 17.3 Å². The number of carbonyl (C=O) groups is 1. The number of rotatable bonds is 3. The number of amides is 1. The molecule has 1 heterocycles. The minimum atomic E-state index is -0.655. The second-order valence-electron chi connectivity index (χ2n) is 5.19. The molecule has 1 aliphatic heterocycles. The third-order valence-electron chi connectivity index (χ3n) is 3.42. The van der Waals surface area contributed by atoms with Gasteiger partial charge in [0.15, 0.2) is 0 Å². The molecule has 0 aliphatic carbocycles. The maximum absolute atomic E-state index is 13.5. The molecule has 1 aromatic rings. The molecule has 0 aromatic heterocycles. The molecule has 1 N–H and O–H groups in total. The molecule has 0 spiro atoms. The highest BCUT2D eigenvalue weighted by Gasteiger charge is 2.24. The second-order valence-corrected chi connectivity index (χ2v) is 6.00. The van der Waals surface area contributed by atoms with Crippen LogP contribution < -0.4 is 0 Å². The molecule has 0 unspecified atom stereocenters. The Bertz CT molecular complexity index is 532. The number of piperazine rings is 1. The van der Waals surface area contributed by atoms with E-state index < -0.39 is 11.9 Å². The smallest absolute Gasteiger partial charge is 0.255 e. The number of carbonyl (C=O) groups excluding carboxylic acids is 1. The molecule has 21 heavy (non-hydrogen) atoms. The average molecular weight is 335 g/mol. The van der Waals surface area contributed by atoms with Gasteiger partial charge in [0, 0.05) is 32.7 Å². The van der Waals surface area contributed by atoms with E-state index in [1.54, 1.807) is 11.8 Å². The maximum atomic E-state index is 13.5. The van der Waals surface area contributed by atoms with Crippen LogP contribution in [0.3, 0.4) is 0 Å². The Morgan fingerprint density at radius 1 is 1.29 bits per heavy atom. The zero-order valence-corrected chi connectivity index (χ0v) is 13.2. The summed E-state index contributed by atoms with van der Waals surface area (Å²) in [6, 6.07) is 2.32. The van der Waals surface area contributed by atoms with Crippen LogP contribution >= 0.6 is 23.2 Å². The second kappa shape index (κ2) is 6.92. The van der Waals surface area contributed by atoms with E-state index in [1.807, 2.05) is 0 Å². The lowest BCUT2D eigenvalue weighted by Gasteiger charge is -2.35. The van der Waals surface area contributed by atoms with Crippen LogP contribution in [0.15, 0.2) is 12.1 Å². The SMILES string of the molecule is C[C@@H](O)CN1CCN(C(=O)c2cc(F)c(Cl)cc2Cl)CC1. The van der Waals surface area contributed by atoms with Crippen LogP contribution in [-0.4, -0.2) is 59.6 Å². The van der Waals surface area contributed by atoms with Crippen molar-refractivity contribution in [3.05, 3.63) is 33.6 Å². The van der Waals surface area contributed by atoms with Crippen molar-refractivity contribution in [2.45, 2.75) is 13.0 Å². The van der Waals surface area contributed by atoms with E-state index in [0.717, 1.165) is 6.07 Å². The Kier molecular flexibility index (Phi) is 5.43. The summed E-state index contributed by atoms with van der Waals surface area (Å²) in [5.74, 6) is -0.954. The molecular weight excluding hydrogens is 318 g/mol. The number of nitrogens with zero attached hydrogens (tertiary/aromatic N) is 2. The molecule has 1 saturated heterocycles. The van der Waals surface area contributed by atoms with Gasteiger partial charge in [-0.15, -0.1) is 0 Å². The summed E-state index contributed by atoms with van der Waals surface area (Å²) in [5.41, 5.74) is 0.127. The van der Waals surface area contributed by atoms with Gasteiger partial charge in [-0.2, -0.15) is 0 Å². The summed E-state index contributed by atoms with van der Waals surface area (Å²) < 4.78 is 13.5. The fourth-order valence-electron chi connectivity index (χ4n) is 2.36. The summed E-state index contributed by atoms with van der Waals surface area (Å²) in [5, 5.41) is 9.41. The van der Waals surface area contributed by atoms with Gasteiger partial charge in [-0.1, -0.05) is 23.2 Å². The largest absolute Gasteiger partial charge is 0.392 e. The molecule has 1 fully saturated rings. The maximum Gasteiger partial charge on any atom is 0.255 e. The normalized spacial score (nSPS) is 17.9. The first kappa shape index (κ1) is 16.5.